The van der Waals surface area contributed by atoms with Gasteiger partial charge in [0.25, 0.3) is 0 Å². The lowest BCUT2D eigenvalue weighted by atomic mass is 9.98. The van der Waals surface area contributed by atoms with E-state index in [1.807, 2.05) is 37.3 Å². The second-order valence-corrected chi connectivity index (χ2v) is 4.19. The molecule has 0 radical (unpaired) electrons. The first-order chi connectivity index (χ1) is 9.81. The molecule has 3 N–H and O–H groups in total. The third-order valence-electron chi connectivity index (χ3n) is 3.04. The van der Waals surface area contributed by atoms with Crippen LogP contribution in [-0.4, -0.2) is 18.7 Å². The van der Waals surface area contributed by atoms with Crippen molar-refractivity contribution in [2.75, 3.05) is 13.7 Å². The van der Waals surface area contributed by atoms with Crippen molar-refractivity contribution in [3.63, 3.8) is 0 Å². The first kappa shape index (κ1) is 14.3. The molecular formula is C15H19N3O2. The molecule has 0 fully saturated rings. The number of aromatic nitrogens is 1. The van der Waals surface area contributed by atoms with Gasteiger partial charge in [-0.2, -0.15) is 0 Å². The minimum Gasteiger partial charge on any atom is -0.495 e. The Kier molecular flexibility index (Phi) is 4.92. The molecule has 1 atom stereocenters. The van der Waals surface area contributed by atoms with Crippen LogP contribution in [0.4, 0.5) is 0 Å². The Morgan fingerprint density at radius 2 is 1.95 bits per heavy atom. The topological polar surface area (TPSA) is 69.4 Å². The van der Waals surface area contributed by atoms with Crippen molar-refractivity contribution in [2.24, 2.45) is 5.84 Å². The number of nitrogens with one attached hydrogen (secondary N) is 1. The number of nitrogens with zero attached hydrogens (tertiary/aromatic N) is 1. The van der Waals surface area contributed by atoms with Crippen molar-refractivity contribution in [3.05, 3.63) is 53.9 Å². The van der Waals surface area contributed by atoms with Crippen molar-refractivity contribution >= 4 is 0 Å². The molecule has 0 aliphatic carbocycles. The third-order valence-corrected chi connectivity index (χ3v) is 3.04. The maximum absolute atomic E-state index is 5.74. The fourth-order valence-corrected chi connectivity index (χ4v) is 2.15. The van der Waals surface area contributed by atoms with E-state index in [9.17, 15) is 0 Å². The highest BCUT2D eigenvalue weighted by Crippen LogP contribution is 2.33. The van der Waals surface area contributed by atoms with Gasteiger partial charge >= 0.3 is 0 Å². The van der Waals surface area contributed by atoms with E-state index in [0.29, 0.717) is 12.4 Å². The van der Waals surface area contributed by atoms with Gasteiger partial charge in [-0.1, -0.05) is 18.2 Å². The van der Waals surface area contributed by atoms with Gasteiger partial charge in [-0.3, -0.25) is 10.8 Å². The van der Waals surface area contributed by atoms with Crippen molar-refractivity contribution in [3.8, 4) is 11.5 Å². The zero-order chi connectivity index (χ0) is 14.4. The van der Waals surface area contributed by atoms with Gasteiger partial charge in [0.1, 0.15) is 11.5 Å². The molecule has 1 aromatic heterocycles. The summed E-state index contributed by atoms with van der Waals surface area (Å²) in [4.78, 5) is 4.06. The number of benzene rings is 1. The number of pyridine rings is 1. The molecule has 5 nitrogen and oxygen atoms in total. The first-order valence-electron chi connectivity index (χ1n) is 6.47. The van der Waals surface area contributed by atoms with Crippen molar-refractivity contribution in [1.82, 2.24) is 10.4 Å². The van der Waals surface area contributed by atoms with E-state index in [0.717, 1.165) is 16.9 Å². The molecule has 2 rings (SSSR count). The van der Waals surface area contributed by atoms with Gasteiger partial charge in [0.2, 0.25) is 0 Å². The Bertz CT molecular complexity index is 560. The zero-order valence-corrected chi connectivity index (χ0v) is 11.7. The van der Waals surface area contributed by atoms with Crippen molar-refractivity contribution in [1.29, 1.82) is 0 Å². The monoisotopic (exact) mass is 273 g/mol. The standard InChI is InChI=1S/C15H19N3O2/c1-3-20-13-7-5-4-6-11(13)15(18-16)12-8-9-17-10-14(12)19-2/h4-10,15,18H,3,16H2,1-2H3. The second kappa shape index (κ2) is 6.88. The summed E-state index contributed by atoms with van der Waals surface area (Å²) in [5, 5.41) is 0. The highest BCUT2D eigenvalue weighted by Gasteiger charge is 2.20. The number of ether oxygens (including phenoxy) is 2. The Morgan fingerprint density at radius 3 is 2.65 bits per heavy atom. The summed E-state index contributed by atoms with van der Waals surface area (Å²) in [5.41, 5.74) is 4.69. The maximum atomic E-state index is 5.74. The molecule has 1 unspecified atom stereocenters. The van der Waals surface area contributed by atoms with Crippen LogP contribution in [0.25, 0.3) is 0 Å². The summed E-state index contributed by atoms with van der Waals surface area (Å²) in [5.74, 6) is 7.23. The zero-order valence-electron chi connectivity index (χ0n) is 11.7. The van der Waals surface area contributed by atoms with Crippen LogP contribution < -0.4 is 20.7 Å². The molecule has 20 heavy (non-hydrogen) atoms. The number of nitrogens with two attached hydrogens (primary N) is 1. The third kappa shape index (κ3) is 2.89. The van der Waals surface area contributed by atoms with Crippen LogP contribution in [0.3, 0.4) is 0 Å². The van der Waals surface area contributed by atoms with Gasteiger partial charge < -0.3 is 9.47 Å². The molecule has 0 spiro atoms. The molecule has 0 saturated heterocycles. The summed E-state index contributed by atoms with van der Waals surface area (Å²) < 4.78 is 11.0. The van der Waals surface area contributed by atoms with Crippen LogP contribution in [0.5, 0.6) is 11.5 Å². The maximum Gasteiger partial charge on any atom is 0.142 e. The summed E-state index contributed by atoms with van der Waals surface area (Å²) in [6.07, 6.45) is 3.38. The van der Waals surface area contributed by atoms with Gasteiger partial charge in [0.15, 0.2) is 0 Å². The number of hydrogen-bond donors (Lipinski definition) is 2. The van der Waals surface area contributed by atoms with E-state index in [1.165, 1.54) is 0 Å². The lowest BCUT2D eigenvalue weighted by Crippen LogP contribution is -2.29. The number of methoxy groups -OCH3 is 1. The Hall–Kier alpha value is -2.11. The summed E-state index contributed by atoms with van der Waals surface area (Å²) in [7, 11) is 1.61. The number of para-hydroxylation sites is 1. The summed E-state index contributed by atoms with van der Waals surface area (Å²) in [6, 6.07) is 9.45. The van der Waals surface area contributed by atoms with E-state index >= 15 is 0 Å². The molecule has 2 aromatic rings. The van der Waals surface area contributed by atoms with E-state index in [4.69, 9.17) is 15.3 Å². The first-order valence-corrected chi connectivity index (χ1v) is 6.47. The Labute approximate surface area is 118 Å². The normalized spacial score (nSPS) is 11.9. The summed E-state index contributed by atoms with van der Waals surface area (Å²) in [6.45, 7) is 2.55. The smallest absolute Gasteiger partial charge is 0.142 e. The average molecular weight is 273 g/mol. The van der Waals surface area contributed by atoms with Crippen molar-refractivity contribution < 1.29 is 9.47 Å². The largest absolute Gasteiger partial charge is 0.495 e. The molecule has 0 amide bonds. The predicted octanol–water partition coefficient (Wildman–Crippen LogP) is 2.04. The van der Waals surface area contributed by atoms with E-state index < -0.39 is 0 Å². The van der Waals surface area contributed by atoms with Gasteiger partial charge in [-0.15, -0.1) is 0 Å². The molecule has 0 aliphatic heterocycles. The Balaban J connectivity index is 2.47. The van der Waals surface area contributed by atoms with Crippen LogP contribution in [0.15, 0.2) is 42.7 Å². The predicted molar refractivity (Wildman–Crippen MR) is 77.6 cm³/mol. The van der Waals surface area contributed by atoms with Crippen LogP contribution in [0, 0.1) is 0 Å². The fourth-order valence-electron chi connectivity index (χ4n) is 2.15. The molecule has 0 saturated carbocycles. The molecule has 1 heterocycles. The SMILES string of the molecule is CCOc1ccccc1C(NN)c1ccncc1OC. The van der Waals surface area contributed by atoms with E-state index in [-0.39, 0.29) is 6.04 Å². The van der Waals surface area contributed by atoms with E-state index in [2.05, 4.69) is 10.4 Å². The molecule has 106 valence electrons. The summed E-state index contributed by atoms with van der Waals surface area (Å²) >= 11 is 0. The van der Waals surface area contributed by atoms with Gasteiger partial charge in [-0.25, -0.2) is 5.43 Å². The highest BCUT2D eigenvalue weighted by atomic mass is 16.5. The molecule has 1 aromatic carbocycles. The number of rotatable bonds is 6. The number of hydrogen-bond acceptors (Lipinski definition) is 5. The van der Waals surface area contributed by atoms with Gasteiger partial charge in [0, 0.05) is 17.3 Å². The average Bonchev–Trinajstić information content (AvgIpc) is 2.50. The van der Waals surface area contributed by atoms with Crippen molar-refractivity contribution in [2.45, 2.75) is 13.0 Å². The van der Waals surface area contributed by atoms with Crippen LogP contribution in [0.1, 0.15) is 24.1 Å². The van der Waals surface area contributed by atoms with Crippen LogP contribution in [0.2, 0.25) is 0 Å². The second-order valence-electron chi connectivity index (χ2n) is 4.19. The fraction of sp³-hybridized carbons (Fsp3) is 0.267. The molecule has 0 bridgehead atoms. The minimum atomic E-state index is -0.226. The van der Waals surface area contributed by atoms with Crippen LogP contribution >= 0.6 is 0 Å². The van der Waals surface area contributed by atoms with E-state index in [1.54, 1.807) is 19.5 Å². The minimum absolute atomic E-state index is 0.226. The molecule has 5 heteroatoms. The van der Waals surface area contributed by atoms with Crippen LogP contribution in [-0.2, 0) is 0 Å². The lowest BCUT2D eigenvalue weighted by molar-refractivity contribution is 0.333. The highest BCUT2D eigenvalue weighted by molar-refractivity contribution is 5.45. The number of hydrazine groups is 1. The lowest BCUT2D eigenvalue weighted by Gasteiger charge is -2.21. The quantitative estimate of drug-likeness (QED) is 0.622. The van der Waals surface area contributed by atoms with Gasteiger partial charge in [0.05, 0.1) is 26.0 Å². The molecule has 0 aliphatic rings. The van der Waals surface area contributed by atoms with Gasteiger partial charge in [-0.05, 0) is 19.1 Å². The Morgan fingerprint density at radius 1 is 1.20 bits per heavy atom. The molecular weight excluding hydrogens is 254 g/mol.